The van der Waals surface area contributed by atoms with Crippen molar-refractivity contribution in [3.8, 4) is 0 Å². The van der Waals surface area contributed by atoms with Gasteiger partial charge in [0.1, 0.15) is 5.54 Å². The SMILES string of the molecule is CCOC1CC(N)(C(=O)NCC2(CC(C)C)CC2)C1(C)C. The number of carbonyl (C=O) groups excluding carboxylic acids is 1. The third-order valence-corrected chi connectivity index (χ3v) is 5.66. The molecule has 0 radical (unpaired) electrons. The van der Waals surface area contributed by atoms with Crippen LogP contribution in [0.1, 0.15) is 60.3 Å². The fourth-order valence-electron chi connectivity index (χ4n) is 3.74. The summed E-state index contributed by atoms with van der Waals surface area (Å²) in [6.45, 7) is 12.0. The highest BCUT2D eigenvalue weighted by Gasteiger charge is 2.63. The molecule has 2 saturated carbocycles. The monoisotopic (exact) mass is 296 g/mol. The second kappa shape index (κ2) is 5.54. The number of ether oxygens (including phenoxy) is 1. The van der Waals surface area contributed by atoms with Crippen molar-refractivity contribution in [1.82, 2.24) is 5.32 Å². The van der Waals surface area contributed by atoms with E-state index in [0.29, 0.717) is 24.4 Å². The first-order chi connectivity index (χ1) is 9.67. The summed E-state index contributed by atoms with van der Waals surface area (Å²) >= 11 is 0. The molecule has 0 saturated heterocycles. The number of nitrogens with two attached hydrogens (primary N) is 1. The largest absolute Gasteiger partial charge is 0.378 e. The van der Waals surface area contributed by atoms with E-state index >= 15 is 0 Å². The van der Waals surface area contributed by atoms with E-state index < -0.39 is 5.54 Å². The maximum Gasteiger partial charge on any atom is 0.240 e. The van der Waals surface area contributed by atoms with E-state index in [1.165, 1.54) is 19.3 Å². The van der Waals surface area contributed by atoms with E-state index in [9.17, 15) is 4.79 Å². The van der Waals surface area contributed by atoms with Crippen LogP contribution in [-0.2, 0) is 9.53 Å². The van der Waals surface area contributed by atoms with Crippen molar-refractivity contribution in [2.24, 2.45) is 22.5 Å². The number of hydrogen-bond acceptors (Lipinski definition) is 3. The van der Waals surface area contributed by atoms with Crippen LogP contribution in [0.15, 0.2) is 0 Å². The molecular formula is C17H32N2O2. The predicted molar refractivity (Wildman–Crippen MR) is 84.9 cm³/mol. The molecule has 2 aliphatic rings. The normalized spacial score (nSPS) is 32.6. The first-order valence-electron chi connectivity index (χ1n) is 8.36. The Morgan fingerprint density at radius 1 is 1.38 bits per heavy atom. The van der Waals surface area contributed by atoms with Crippen LogP contribution < -0.4 is 11.1 Å². The number of hydrogen-bond donors (Lipinski definition) is 2. The number of carbonyl (C=O) groups is 1. The summed E-state index contributed by atoms with van der Waals surface area (Å²) in [5.74, 6) is 0.678. The van der Waals surface area contributed by atoms with Crippen LogP contribution in [0.4, 0.5) is 0 Å². The molecule has 4 nitrogen and oxygen atoms in total. The van der Waals surface area contributed by atoms with Gasteiger partial charge in [-0.05, 0) is 37.5 Å². The van der Waals surface area contributed by atoms with Gasteiger partial charge in [0.05, 0.1) is 6.10 Å². The second-order valence-electron chi connectivity index (χ2n) is 8.12. The molecule has 2 fully saturated rings. The summed E-state index contributed by atoms with van der Waals surface area (Å²) in [4.78, 5) is 12.6. The molecule has 2 aliphatic carbocycles. The lowest BCUT2D eigenvalue weighted by molar-refractivity contribution is -0.170. The number of rotatable bonds is 7. The Hall–Kier alpha value is -0.610. The summed E-state index contributed by atoms with van der Waals surface area (Å²) in [5.41, 5.74) is 5.65. The molecule has 2 unspecified atom stereocenters. The van der Waals surface area contributed by atoms with Crippen molar-refractivity contribution in [3.63, 3.8) is 0 Å². The molecule has 1 amide bonds. The number of nitrogens with one attached hydrogen (secondary N) is 1. The molecule has 2 rings (SSSR count). The Morgan fingerprint density at radius 2 is 2.00 bits per heavy atom. The molecule has 0 aliphatic heterocycles. The van der Waals surface area contributed by atoms with E-state index in [0.717, 1.165) is 6.54 Å². The minimum absolute atomic E-state index is 0.00140. The van der Waals surface area contributed by atoms with E-state index in [-0.39, 0.29) is 17.4 Å². The van der Waals surface area contributed by atoms with E-state index in [1.54, 1.807) is 0 Å². The topological polar surface area (TPSA) is 64.3 Å². The first kappa shape index (κ1) is 16.8. The third-order valence-electron chi connectivity index (χ3n) is 5.66. The van der Waals surface area contributed by atoms with Crippen LogP contribution >= 0.6 is 0 Å². The maximum absolute atomic E-state index is 12.6. The van der Waals surface area contributed by atoms with Gasteiger partial charge >= 0.3 is 0 Å². The third kappa shape index (κ3) is 2.98. The molecule has 0 spiro atoms. The lowest BCUT2D eigenvalue weighted by Crippen LogP contribution is -2.76. The van der Waals surface area contributed by atoms with E-state index in [2.05, 4.69) is 19.2 Å². The average Bonchev–Trinajstić information content (AvgIpc) is 3.14. The summed E-state index contributed by atoms with van der Waals surface area (Å²) in [5, 5.41) is 3.13. The molecule has 21 heavy (non-hydrogen) atoms. The van der Waals surface area contributed by atoms with Gasteiger partial charge in [-0.2, -0.15) is 0 Å². The van der Waals surface area contributed by atoms with Crippen molar-refractivity contribution in [3.05, 3.63) is 0 Å². The Morgan fingerprint density at radius 3 is 2.43 bits per heavy atom. The predicted octanol–water partition coefficient (Wildman–Crippen LogP) is 2.46. The summed E-state index contributed by atoms with van der Waals surface area (Å²) in [6, 6.07) is 0. The highest BCUT2D eigenvalue weighted by atomic mass is 16.5. The molecule has 0 aromatic carbocycles. The molecule has 0 aromatic rings. The maximum atomic E-state index is 12.6. The van der Waals surface area contributed by atoms with Crippen LogP contribution in [0.25, 0.3) is 0 Å². The number of amides is 1. The van der Waals surface area contributed by atoms with Gasteiger partial charge in [-0.15, -0.1) is 0 Å². The quantitative estimate of drug-likeness (QED) is 0.758. The fourth-order valence-corrected chi connectivity index (χ4v) is 3.74. The zero-order chi connectivity index (χ0) is 15.9. The lowest BCUT2D eigenvalue weighted by Gasteiger charge is -2.57. The molecular weight excluding hydrogens is 264 g/mol. The summed E-state index contributed by atoms with van der Waals surface area (Å²) in [6.07, 6.45) is 4.36. The summed E-state index contributed by atoms with van der Waals surface area (Å²) in [7, 11) is 0. The van der Waals surface area contributed by atoms with Gasteiger partial charge in [0.2, 0.25) is 5.91 Å². The molecule has 0 aromatic heterocycles. The van der Waals surface area contributed by atoms with Crippen molar-refractivity contribution in [2.45, 2.75) is 71.9 Å². The average molecular weight is 296 g/mol. The van der Waals surface area contributed by atoms with Crippen LogP contribution in [0, 0.1) is 16.7 Å². The first-order valence-corrected chi connectivity index (χ1v) is 8.36. The summed E-state index contributed by atoms with van der Waals surface area (Å²) < 4.78 is 5.69. The Kier molecular flexibility index (Phi) is 4.42. The highest BCUT2D eigenvalue weighted by Crippen LogP contribution is 2.52. The molecule has 4 heteroatoms. The van der Waals surface area contributed by atoms with Crippen molar-refractivity contribution in [1.29, 1.82) is 0 Å². The van der Waals surface area contributed by atoms with Gasteiger partial charge < -0.3 is 15.8 Å². The van der Waals surface area contributed by atoms with Gasteiger partial charge in [0.15, 0.2) is 0 Å². The van der Waals surface area contributed by atoms with Crippen molar-refractivity contribution in [2.75, 3.05) is 13.2 Å². The standard InChI is InChI=1S/C17H32N2O2/c1-6-21-13-10-17(18,15(13,4)5)14(20)19-11-16(7-8-16)9-12(2)3/h12-13H,6-11,18H2,1-5H3,(H,19,20). The van der Waals surface area contributed by atoms with Crippen LogP contribution in [-0.4, -0.2) is 30.7 Å². The van der Waals surface area contributed by atoms with Crippen molar-refractivity contribution >= 4 is 5.91 Å². The Balaban J connectivity index is 1.89. The van der Waals surface area contributed by atoms with Gasteiger partial charge in [-0.25, -0.2) is 0 Å². The van der Waals surface area contributed by atoms with Crippen molar-refractivity contribution < 1.29 is 9.53 Å². The second-order valence-corrected chi connectivity index (χ2v) is 8.12. The van der Waals surface area contributed by atoms with Gasteiger partial charge in [0.25, 0.3) is 0 Å². The molecule has 2 atom stereocenters. The highest BCUT2D eigenvalue weighted by molar-refractivity contribution is 5.88. The molecule has 0 bridgehead atoms. The Labute approximate surface area is 129 Å². The smallest absolute Gasteiger partial charge is 0.240 e. The van der Waals surface area contributed by atoms with Crippen LogP contribution in [0.5, 0.6) is 0 Å². The minimum atomic E-state index is -0.791. The molecule has 0 heterocycles. The molecule has 3 N–H and O–H groups in total. The van der Waals surface area contributed by atoms with E-state index in [4.69, 9.17) is 10.5 Å². The van der Waals surface area contributed by atoms with E-state index in [1.807, 2.05) is 20.8 Å². The molecule has 122 valence electrons. The van der Waals surface area contributed by atoms with Gasteiger partial charge in [-0.1, -0.05) is 27.7 Å². The minimum Gasteiger partial charge on any atom is -0.378 e. The zero-order valence-corrected chi connectivity index (χ0v) is 14.3. The van der Waals surface area contributed by atoms with Crippen LogP contribution in [0.3, 0.4) is 0 Å². The lowest BCUT2D eigenvalue weighted by atomic mass is 9.54. The van der Waals surface area contributed by atoms with Crippen LogP contribution in [0.2, 0.25) is 0 Å². The van der Waals surface area contributed by atoms with Gasteiger partial charge in [-0.3, -0.25) is 4.79 Å². The van der Waals surface area contributed by atoms with Gasteiger partial charge in [0, 0.05) is 25.0 Å². The zero-order valence-electron chi connectivity index (χ0n) is 14.3. The fraction of sp³-hybridized carbons (Fsp3) is 0.941. The Bertz CT molecular complexity index is 402.